The van der Waals surface area contributed by atoms with Crippen LogP contribution in [0.5, 0.6) is 0 Å². The molecule has 1 saturated heterocycles. The molecule has 1 fully saturated rings. The normalized spacial score (nSPS) is 19.6. The number of aromatic nitrogens is 1. The number of hydrogen-bond acceptors (Lipinski definition) is 10. The summed E-state index contributed by atoms with van der Waals surface area (Å²) in [6, 6.07) is 8.18. The largest absolute Gasteiger partial charge is 0.464 e. The Kier molecular flexibility index (Phi) is 8.83. The Balaban J connectivity index is 1.36. The van der Waals surface area contributed by atoms with Crippen LogP contribution in [0.1, 0.15) is 48.1 Å². The Bertz CT molecular complexity index is 1690. The number of carbonyl (C=O) groups excluding carboxylic acids is 3. The fourth-order valence-electron chi connectivity index (χ4n) is 5.08. The summed E-state index contributed by atoms with van der Waals surface area (Å²) in [6.07, 6.45) is 0.263. The van der Waals surface area contributed by atoms with E-state index in [1.165, 1.54) is 26.6 Å². The highest BCUT2D eigenvalue weighted by molar-refractivity contribution is 7.89. The molecule has 5 rings (SSSR count). The first-order valence-corrected chi connectivity index (χ1v) is 16.5. The Morgan fingerprint density at radius 2 is 1.81 bits per heavy atom. The second kappa shape index (κ2) is 12.1. The summed E-state index contributed by atoms with van der Waals surface area (Å²) in [5, 5.41) is 5.35. The number of esters is 2. The lowest BCUT2D eigenvalue weighted by Gasteiger charge is -2.38. The van der Waals surface area contributed by atoms with Gasteiger partial charge >= 0.3 is 11.9 Å². The second-order valence-corrected chi connectivity index (χ2v) is 14.8. The van der Waals surface area contributed by atoms with E-state index < -0.39 is 45.6 Å². The number of carbonyl (C=O) groups is 3. The summed E-state index contributed by atoms with van der Waals surface area (Å²) in [5.74, 6) is -1.59. The highest BCUT2D eigenvalue weighted by atomic mass is 35.5. The van der Waals surface area contributed by atoms with Gasteiger partial charge in [-0.1, -0.05) is 23.7 Å². The number of hydrogen-bond donors (Lipinski definition) is 1. The van der Waals surface area contributed by atoms with Crippen LogP contribution in [0, 0.1) is 0 Å². The van der Waals surface area contributed by atoms with Crippen LogP contribution in [0.4, 0.5) is 0 Å². The minimum Gasteiger partial charge on any atom is -0.464 e. The molecule has 1 aromatic heterocycles. The number of fused-ring (bicyclic) bond motifs is 2. The van der Waals surface area contributed by atoms with Crippen LogP contribution in [0.3, 0.4) is 0 Å². The van der Waals surface area contributed by atoms with Crippen molar-refractivity contribution in [2.45, 2.75) is 63.2 Å². The van der Waals surface area contributed by atoms with Crippen molar-refractivity contribution in [1.29, 1.82) is 0 Å². The van der Waals surface area contributed by atoms with Gasteiger partial charge in [-0.25, -0.2) is 18.2 Å². The number of halogens is 1. The lowest BCUT2D eigenvalue weighted by Crippen LogP contribution is -2.59. The highest BCUT2D eigenvalue weighted by Crippen LogP contribution is 2.29. The summed E-state index contributed by atoms with van der Waals surface area (Å²) >= 11 is 7.25. The van der Waals surface area contributed by atoms with Crippen LogP contribution in [-0.2, 0) is 42.1 Å². The van der Waals surface area contributed by atoms with Crippen molar-refractivity contribution >= 4 is 61.6 Å². The lowest BCUT2D eigenvalue weighted by molar-refractivity contribution is -0.157. The molecule has 1 amide bonds. The fraction of sp³-hybridized carbons (Fsp3) is 0.448. The number of sulfonamides is 1. The zero-order chi connectivity index (χ0) is 31.1. The number of nitrogens with zero attached hydrogens (tertiary/aromatic N) is 3. The van der Waals surface area contributed by atoms with Gasteiger partial charge in [0, 0.05) is 42.5 Å². The van der Waals surface area contributed by atoms with Gasteiger partial charge in [0.1, 0.15) is 17.7 Å². The van der Waals surface area contributed by atoms with Crippen molar-refractivity contribution < 1.29 is 32.3 Å². The zero-order valence-corrected chi connectivity index (χ0v) is 26.6. The van der Waals surface area contributed by atoms with E-state index in [1.54, 1.807) is 58.0 Å². The average molecular weight is 649 g/mol. The average Bonchev–Trinajstić information content (AvgIpc) is 3.39. The van der Waals surface area contributed by atoms with Gasteiger partial charge in [0.15, 0.2) is 5.01 Å². The number of piperazine rings is 1. The SMILES string of the molecule is CCOC(=O)C1CN(S(=O)(=O)c2ccc3cc(Cl)ccc3c2)CCN1C(=O)c1nc2c(s1)CNC(C(=O)OC(C)(C)C)C2. The molecule has 0 aliphatic carbocycles. The van der Waals surface area contributed by atoms with Gasteiger partial charge in [0.25, 0.3) is 5.91 Å². The molecule has 0 spiro atoms. The molecule has 3 heterocycles. The number of benzene rings is 2. The van der Waals surface area contributed by atoms with E-state index in [1.807, 2.05) is 0 Å². The molecule has 2 unspecified atom stereocenters. The van der Waals surface area contributed by atoms with Gasteiger partial charge in [-0.05, 0) is 62.7 Å². The molecule has 2 aromatic carbocycles. The smallest absolute Gasteiger partial charge is 0.330 e. The van der Waals surface area contributed by atoms with Crippen molar-refractivity contribution in [2.24, 2.45) is 0 Å². The second-order valence-electron chi connectivity index (χ2n) is 11.3. The Hall–Kier alpha value is -3.10. The van der Waals surface area contributed by atoms with Crippen molar-refractivity contribution in [1.82, 2.24) is 19.5 Å². The Labute approximate surface area is 259 Å². The van der Waals surface area contributed by atoms with Crippen LogP contribution in [0.2, 0.25) is 5.02 Å². The van der Waals surface area contributed by atoms with Crippen LogP contribution < -0.4 is 5.32 Å². The summed E-state index contributed by atoms with van der Waals surface area (Å²) < 4.78 is 39.3. The van der Waals surface area contributed by atoms with Gasteiger partial charge in [-0.15, -0.1) is 11.3 Å². The van der Waals surface area contributed by atoms with Gasteiger partial charge < -0.3 is 14.4 Å². The third-order valence-corrected chi connectivity index (χ3v) is 10.3. The summed E-state index contributed by atoms with van der Waals surface area (Å²) in [5.41, 5.74) is -0.0165. The minimum atomic E-state index is -4.00. The molecule has 1 N–H and O–H groups in total. The summed E-state index contributed by atoms with van der Waals surface area (Å²) in [7, 11) is -4.00. The first-order valence-electron chi connectivity index (χ1n) is 13.9. The molecule has 0 radical (unpaired) electrons. The molecule has 14 heteroatoms. The maximum absolute atomic E-state index is 13.7. The minimum absolute atomic E-state index is 0.0179. The molecule has 11 nitrogen and oxygen atoms in total. The standard InChI is InChI=1S/C29H33ClN4O7S2/c1-5-40-28(37)23-16-33(43(38,39)20-9-7-17-12-19(30)8-6-18(17)13-20)10-11-34(23)26(35)25-32-21-14-22(31-15-24(21)42-25)27(36)41-29(2,3)4/h6-9,12-13,22-23,31H,5,10-11,14-16H2,1-4H3. The van der Waals surface area contributed by atoms with E-state index in [-0.39, 0.29) is 42.6 Å². The van der Waals surface area contributed by atoms with E-state index in [9.17, 15) is 22.8 Å². The summed E-state index contributed by atoms with van der Waals surface area (Å²) in [6.45, 7) is 7.12. The summed E-state index contributed by atoms with van der Waals surface area (Å²) in [4.78, 5) is 46.1. The molecule has 2 atom stereocenters. The van der Waals surface area contributed by atoms with Crippen molar-refractivity contribution in [3.8, 4) is 0 Å². The van der Waals surface area contributed by atoms with Crippen LogP contribution in [0.15, 0.2) is 41.3 Å². The number of rotatable bonds is 6. The fourth-order valence-corrected chi connectivity index (χ4v) is 7.73. The van der Waals surface area contributed by atoms with Crippen molar-refractivity contribution in [3.05, 3.63) is 57.0 Å². The molecule has 0 saturated carbocycles. The van der Waals surface area contributed by atoms with Crippen LogP contribution >= 0.6 is 22.9 Å². The van der Waals surface area contributed by atoms with Gasteiger partial charge in [-0.3, -0.25) is 14.9 Å². The van der Waals surface area contributed by atoms with E-state index in [0.29, 0.717) is 22.6 Å². The van der Waals surface area contributed by atoms with Gasteiger partial charge in [0.05, 0.1) is 17.2 Å². The molecular formula is C29H33ClN4O7S2. The molecule has 43 heavy (non-hydrogen) atoms. The molecule has 3 aromatic rings. The predicted molar refractivity (Wildman–Crippen MR) is 161 cm³/mol. The highest BCUT2D eigenvalue weighted by Gasteiger charge is 2.42. The third kappa shape index (κ3) is 6.70. The molecular weight excluding hydrogens is 616 g/mol. The zero-order valence-electron chi connectivity index (χ0n) is 24.3. The number of ether oxygens (including phenoxy) is 2. The lowest BCUT2D eigenvalue weighted by atomic mass is 10.1. The van der Waals surface area contributed by atoms with Crippen LogP contribution in [0.25, 0.3) is 10.8 Å². The van der Waals surface area contributed by atoms with E-state index in [2.05, 4.69) is 10.3 Å². The quantitative estimate of drug-likeness (QED) is 0.399. The van der Waals surface area contributed by atoms with Gasteiger partial charge in [0.2, 0.25) is 10.0 Å². The number of thiazole rings is 1. The first kappa shape index (κ1) is 31.3. The molecule has 0 bridgehead atoms. The predicted octanol–water partition coefficient (Wildman–Crippen LogP) is 3.38. The number of nitrogens with one attached hydrogen (secondary N) is 1. The maximum Gasteiger partial charge on any atom is 0.330 e. The van der Waals surface area contributed by atoms with E-state index >= 15 is 0 Å². The first-order chi connectivity index (χ1) is 20.3. The third-order valence-electron chi connectivity index (χ3n) is 7.13. The van der Waals surface area contributed by atoms with E-state index in [0.717, 1.165) is 10.3 Å². The molecule has 230 valence electrons. The van der Waals surface area contributed by atoms with Crippen molar-refractivity contribution in [3.63, 3.8) is 0 Å². The van der Waals surface area contributed by atoms with Crippen molar-refractivity contribution in [2.75, 3.05) is 26.2 Å². The molecule has 2 aliphatic rings. The van der Waals surface area contributed by atoms with Gasteiger partial charge in [-0.2, -0.15) is 4.31 Å². The Morgan fingerprint density at radius 1 is 1.09 bits per heavy atom. The topological polar surface area (TPSA) is 135 Å². The Morgan fingerprint density at radius 3 is 2.53 bits per heavy atom. The maximum atomic E-state index is 13.7. The molecule has 2 aliphatic heterocycles. The van der Waals surface area contributed by atoms with Crippen LogP contribution in [-0.4, -0.2) is 84.4 Å². The monoisotopic (exact) mass is 648 g/mol. The number of amides is 1. The van der Waals surface area contributed by atoms with E-state index in [4.69, 9.17) is 21.1 Å².